The highest BCUT2D eigenvalue weighted by Gasteiger charge is 2.14. The molecule has 0 fully saturated rings. The lowest BCUT2D eigenvalue weighted by Gasteiger charge is -2.21. The van der Waals surface area contributed by atoms with Gasteiger partial charge in [0.1, 0.15) is 0 Å². The summed E-state index contributed by atoms with van der Waals surface area (Å²) >= 11 is 0. The van der Waals surface area contributed by atoms with Crippen LogP contribution < -0.4 is 5.73 Å². The van der Waals surface area contributed by atoms with Crippen molar-refractivity contribution in [1.29, 1.82) is 0 Å². The maximum absolute atomic E-state index is 12.0. The van der Waals surface area contributed by atoms with Crippen LogP contribution in [0.15, 0.2) is 24.3 Å². The molecule has 4 nitrogen and oxygen atoms in total. The molecular formula is C8H10F2N2O2S. The van der Waals surface area contributed by atoms with Crippen LogP contribution in [0.4, 0.5) is 14.5 Å². The van der Waals surface area contributed by atoms with E-state index < -0.39 is 15.8 Å². The Bertz CT molecular complexity index is 434. The fourth-order valence-corrected chi connectivity index (χ4v) is 1.44. The summed E-state index contributed by atoms with van der Waals surface area (Å²) in [6, 6.07) is 6.01. The van der Waals surface area contributed by atoms with Gasteiger partial charge in [-0.15, -0.1) is 5.69 Å². The van der Waals surface area contributed by atoms with Crippen molar-refractivity contribution >= 4 is 15.7 Å². The number of alkyl halides is 2. The second-order valence-corrected chi connectivity index (χ2v) is 4.36. The van der Waals surface area contributed by atoms with Gasteiger partial charge in [0.2, 0.25) is 0 Å². The van der Waals surface area contributed by atoms with E-state index >= 15 is 0 Å². The number of hydrogen-bond donors (Lipinski definition) is 1. The summed E-state index contributed by atoms with van der Waals surface area (Å²) in [6.45, 7) is 0.443. The molecule has 1 aromatic carbocycles. The third-order valence-corrected chi connectivity index (χ3v) is 2.57. The number of quaternary nitrogens is 1. The molecule has 84 valence electrons. The summed E-state index contributed by atoms with van der Waals surface area (Å²) in [5.41, 5.74) is 4.32. The van der Waals surface area contributed by atoms with Gasteiger partial charge in [-0.25, -0.2) is 8.42 Å². The largest absolute Gasteiger partial charge is 0.572 e. The van der Waals surface area contributed by atoms with Gasteiger partial charge < -0.3 is 10.5 Å². The van der Waals surface area contributed by atoms with E-state index in [-0.39, 0.29) is 5.69 Å². The first-order chi connectivity index (χ1) is 6.95. The Kier molecular flexibility index (Phi) is 3.59. The molecule has 3 N–H and O–H groups in total. The first-order valence-electron chi connectivity index (χ1n) is 4.09. The van der Waals surface area contributed by atoms with Gasteiger partial charge in [-0.3, -0.25) is 0 Å². The molecule has 0 radical (unpaired) electrons. The third kappa shape index (κ3) is 3.14. The molecule has 0 unspecified atom stereocenters. The highest BCUT2D eigenvalue weighted by molar-refractivity contribution is 7.94. The Hall–Kier alpha value is -1.21. The lowest BCUT2D eigenvalue weighted by molar-refractivity contribution is -0.386. The number of hydrogen-bond acceptors (Lipinski definition) is 2. The van der Waals surface area contributed by atoms with Gasteiger partial charge in [0.05, 0.1) is 6.54 Å². The summed E-state index contributed by atoms with van der Waals surface area (Å²) in [5.74, 6) is -3.49. The Morgan fingerprint density at radius 3 is 2.60 bits per heavy atom. The van der Waals surface area contributed by atoms with E-state index in [0.29, 0.717) is 6.54 Å². The average Bonchev–Trinajstić information content (AvgIpc) is 2.17. The predicted molar refractivity (Wildman–Crippen MR) is 51.0 cm³/mol. The van der Waals surface area contributed by atoms with Crippen molar-refractivity contribution in [1.82, 2.24) is 0 Å². The SMILES string of the molecule is [NH3+]Cc1cccc([N-]S(=O)(=O)C(F)F)c1. The first-order valence-corrected chi connectivity index (χ1v) is 5.59. The van der Waals surface area contributed by atoms with Crippen molar-refractivity contribution in [3.8, 4) is 0 Å². The highest BCUT2D eigenvalue weighted by Crippen LogP contribution is 2.26. The van der Waals surface area contributed by atoms with Crippen molar-refractivity contribution < 1.29 is 22.9 Å². The molecule has 0 spiro atoms. The minimum atomic E-state index is -4.70. The maximum Gasteiger partial charge on any atom is 0.323 e. The fraction of sp³-hybridized carbons (Fsp3) is 0.250. The van der Waals surface area contributed by atoms with Gasteiger partial charge in [-0.2, -0.15) is 8.78 Å². The van der Waals surface area contributed by atoms with Crippen molar-refractivity contribution in [2.45, 2.75) is 12.3 Å². The topological polar surface area (TPSA) is 75.9 Å². The number of nitrogens with zero attached hydrogens (tertiary/aromatic N) is 1. The van der Waals surface area contributed by atoms with Crippen molar-refractivity contribution in [2.75, 3.05) is 0 Å². The molecule has 0 saturated heterocycles. The highest BCUT2D eigenvalue weighted by atomic mass is 32.2. The smallest absolute Gasteiger partial charge is 0.323 e. The Morgan fingerprint density at radius 1 is 1.40 bits per heavy atom. The standard InChI is InChI=1S/C8H9F2N2O2S/c9-8(10)15(13,14)12-7-3-1-2-6(4-7)5-11/h1-4,8H,5,11H2/q-1/p+1. The van der Waals surface area contributed by atoms with E-state index in [9.17, 15) is 17.2 Å². The predicted octanol–water partition coefficient (Wildman–Crippen LogP) is 0.986. The van der Waals surface area contributed by atoms with Crippen molar-refractivity contribution in [2.24, 2.45) is 0 Å². The van der Waals surface area contributed by atoms with Gasteiger partial charge in [-0.05, 0) is 0 Å². The Morgan fingerprint density at radius 2 is 2.07 bits per heavy atom. The molecule has 0 saturated carbocycles. The zero-order valence-corrected chi connectivity index (χ0v) is 8.55. The van der Waals surface area contributed by atoms with Crippen LogP contribution in [-0.2, 0) is 16.6 Å². The molecule has 0 aliphatic rings. The summed E-state index contributed by atoms with van der Waals surface area (Å²) in [6.07, 6.45) is 0. The number of rotatable bonds is 4. The summed E-state index contributed by atoms with van der Waals surface area (Å²) in [7, 11) is -4.70. The molecule has 0 atom stereocenters. The van der Waals surface area contributed by atoms with Crippen molar-refractivity contribution in [3.05, 3.63) is 34.6 Å². The van der Waals surface area contributed by atoms with Gasteiger partial charge in [0.15, 0.2) is 10.0 Å². The van der Waals surface area contributed by atoms with Gasteiger partial charge in [0, 0.05) is 5.56 Å². The van der Waals surface area contributed by atoms with Crippen LogP contribution in [0.5, 0.6) is 0 Å². The minimum absolute atomic E-state index is 0.00329. The lowest BCUT2D eigenvalue weighted by Crippen LogP contribution is -2.47. The molecule has 7 heteroatoms. The van der Waals surface area contributed by atoms with Crippen LogP contribution in [0.25, 0.3) is 4.72 Å². The molecule has 0 bridgehead atoms. The van der Waals surface area contributed by atoms with Gasteiger partial charge in [-0.1, -0.05) is 24.3 Å². The van der Waals surface area contributed by atoms with E-state index in [2.05, 4.69) is 10.5 Å². The average molecular weight is 236 g/mol. The second kappa shape index (κ2) is 4.54. The maximum atomic E-state index is 12.0. The second-order valence-electron chi connectivity index (χ2n) is 2.79. The summed E-state index contributed by atoms with van der Waals surface area (Å²) in [4.78, 5) is 0. The minimum Gasteiger partial charge on any atom is -0.572 e. The van der Waals surface area contributed by atoms with Crippen LogP contribution in [-0.4, -0.2) is 14.2 Å². The number of halogens is 2. The van der Waals surface area contributed by atoms with Crippen LogP contribution in [0, 0.1) is 0 Å². The van der Waals surface area contributed by atoms with Crippen LogP contribution in [0.3, 0.4) is 0 Å². The molecule has 15 heavy (non-hydrogen) atoms. The normalized spacial score (nSPS) is 11.7. The number of benzene rings is 1. The molecule has 1 rings (SSSR count). The lowest BCUT2D eigenvalue weighted by atomic mass is 10.2. The number of sulfonamides is 1. The van der Waals surface area contributed by atoms with E-state index in [1.54, 1.807) is 12.1 Å². The molecular weight excluding hydrogens is 226 g/mol. The Balaban J connectivity index is 2.90. The van der Waals surface area contributed by atoms with E-state index in [4.69, 9.17) is 0 Å². The zero-order chi connectivity index (χ0) is 11.5. The first kappa shape index (κ1) is 11.9. The summed E-state index contributed by atoms with van der Waals surface area (Å²) < 4.78 is 48.5. The monoisotopic (exact) mass is 236 g/mol. The van der Waals surface area contributed by atoms with Crippen LogP contribution >= 0.6 is 0 Å². The molecule has 1 aromatic rings. The third-order valence-electron chi connectivity index (χ3n) is 1.66. The summed E-state index contributed by atoms with van der Waals surface area (Å²) in [5, 5.41) is 0. The Labute approximate surface area is 86.1 Å². The molecule has 0 aliphatic carbocycles. The zero-order valence-electron chi connectivity index (χ0n) is 7.73. The van der Waals surface area contributed by atoms with E-state index in [1.807, 2.05) is 0 Å². The van der Waals surface area contributed by atoms with Crippen LogP contribution in [0.1, 0.15) is 5.56 Å². The fourth-order valence-electron chi connectivity index (χ4n) is 0.956. The molecule has 0 aromatic heterocycles. The molecule has 0 aliphatic heterocycles. The van der Waals surface area contributed by atoms with Crippen molar-refractivity contribution in [3.63, 3.8) is 0 Å². The van der Waals surface area contributed by atoms with E-state index in [1.165, 1.54) is 12.1 Å². The van der Waals surface area contributed by atoms with E-state index in [0.717, 1.165) is 5.56 Å². The molecule has 0 amide bonds. The van der Waals surface area contributed by atoms with Crippen LogP contribution in [0.2, 0.25) is 0 Å². The van der Waals surface area contributed by atoms with Gasteiger partial charge in [0.25, 0.3) is 0 Å². The van der Waals surface area contributed by atoms with Gasteiger partial charge >= 0.3 is 5.76 Å². The quantitative estimate of drug-likeness (QED) is 0.846. The molecule has 0 heterocycles.